The van der Waals surface area contributed by atoms with Crippen molar-refractivity contribution in [2.75, 3.05) is 6.61 Å². The first-order chi connectivity index (χ1) is 13.4. The molecule has 1 unspecified atom stereocenters. The molecule has 0 fully saturated rings. The summed E-state index contributed by atoms with van der Waals surface area (Å²) in [6.07, 6.45) is -4.11. The van der Waals surface area contributed by atoms with E-state index >= 15 is 0 Å². The minimum atomic E-state index is -5.16. The smallest absolute Gasteiger partial charge is 0.416 e. The van der Waals surface area contributed by atoms with E-state index in [0.717, 1.165) is 12.1 Å². The van der Waals surface area contributed by atoms with Crippen LogP contribution in [0.1, 0.15) is 35.7 Å². The first-order valence-electron chi connectivity index (χ1n) is 8.45. The summed E-state index contributed by atoms with van der Waals surface area (Å²) in [5, 5.41) is 0. The lowest BCUT2D eigenvalue weighted by Gasteiger charge is -2.32. The molecule has 0 heterocycles. The Morgan fingerprint density at radius 1 is 0.929 bits per heavy atom. The van der Waals surface area contributed by atoms with E-state index in [2.05, 4.69) is 0 Å². The van der Waals surface area contributed by atoms with Crippen molar-refractivity contribution in [1.82, 2.24) is 0 Å². The molecular formula is C20H20F3O4P. The number of Topliss-reactive ketones (excluding diaryl/α,β-unsaturated/α-hetero) is 1. The first kappa shape index (κ1) is 23.5. The largest absolute Gasteiger partial charge is 0.464 e. The molecule has 2 rings (SSSR count). The maximum atomic E-state index is 14.2. The van der Waals surface area contributed by atoms with Crippen LogP contribution in [-0.2, 0) is 19.5 Å². The summed E-state index contributed by atoms with van der Waals surface area (Å²) in [6.45, 7) is 1.64. The van der Waals surface area contributed by atoms with Crippen molar-refractivity contribution >= 4 is 20.9 Å². The van der Waals surface area contributed by atoms with Crippen molar-refractivity contribution in [2.24, 2.45) is 0 Å². The molecule has 0 aliphatic heterocycles. The molecule has 0 radical (unpaired) electrons. The maximum Gasteiger partial charge on any atom is 0.416 e. The maximum absolute atomic E-state index is 14.2. The Morgan fingerprint density at radius 3 is 1.89 bits per heavy atom. The number of carbonyl (C=O) groups excluding carboxylic acids is 2. The van der Waals surface area contributed by atoms with E-state index in [1.165, 1.54) is 42.5 Å². The van der Waals surface area contributed by atoms with Gasteiger partial charge in [-0.05, 0) is 12.0 Å². The summed E-state index contributed by atoms with van der Waals surface area (Å²) in [7, 11) is 1.72. The summed E-state index contributed by atoms with van der Waals surface area (Å²) < 4.78 is 55.7. The van der Waals surface area contributed by atoms with Crippen LogP contribution in [0, 0.1) is 0 Å². The van der Waals surface area contributed by atoms with E-state index in [-0.39, 0.29) is 12.2 Å². The topological polar surface area (TPSA) is 60.4 Å². The van der Waals surface area contributed by atoms with Crippen LogP contribution in [0.3, 0.4) is 0 Å². The third-order valence-electron chi connectivity index (χ3n) is 4.05. The van der Waals surface area contributed by atoms with Crippen molar-refractivity contribution in [2.45, 2.75) is 31.4 Å². The van der Waals surface area contributed by atoms with Gasteiger partial charge in [-0.2, -0.15) is 13.2 Å². The number of alkyl halides is 3. The van der Waals surface area contributed by atoms with Crippen LogP contribution in [0.15, 0.2) is 60.7 Å². The lowest BCUT2D eigenvalue weighted by Crippen LogP contribution is -2.56. The minimum Gasteiger partial charge on any atom is -0.464 e. The molecule has 0 aliphatic rings. The zero-order valence-corrected chi connectivity index (χ0v) is 16.2. The van der Waals surface area contributed by atoms with E-state index < -0.39 is 28.9 Å². The van der Waals surface area contributed by atoms with Crippen molar-refractivity contribution in [1.29, 1.82) is 0 Å². The molecule has 2 aromatic carbocycles. The van der Waals surface area contributed by atoms with Gasteiger partial charge >= 0.3 is 12.1 Å². The molecule has 0 bridgehead atoms. The number of esters is 1. The Balaban J connectivity index is 0.00000190. The number of halogens is 3. The average Bonchev–Trinajstić information content (AvgIpc) is 2.70. The Bertz CT molecular complexity index is 766. The lowest BCUT2D eigenvalue weighted by molar-refractivity contribution is -0.197. The van der Waals surface area contributed by atoms with Crippen LogP contribution in [0.5, 0.6) is 0 Å². The highest BCUT2D eigenvalue weighted by molar-refractivity contribution is 7.00. The molecule has 150 valence electrons. The minimum absolute atomic E-state index is 0.179. The number of ketones is 1. The summed E-state index contributed by atoms with van der Waals surface area (Å²) in [4.78, 5) is 25.6. The number of carbonyl (C=O) groups is 2. The van der Waals surface area contributed by atoms with Gasteiger partial charge in [-0.1, -0.05) is 74.0 Å². The van der Waals surface area contributed by atoms with Crippen LogP contribution in [0.25, 0.3) is 0 Å². The van der Waals surface area contributed by atoms with Crippen LogP contribution in [0.2, 0.25) is 0 Å². The van der Waals surface area contributed by atoms with Crippen molar-refractivity contribution in [3.8, 4) is 0 Å². The SMILES string of the molecule is CCCCOC(=O)C(C(=O)c1ccccc1)(c1ccccc1)C(F)(F)F.O=P. The van der Waals surface area contributed by atoms with E-state index in [0.29, 0.717) is 12.8 Å². The van der Waals surface area contributed by atoms with E-state index in [1.807, 2.05) is 6.92 Å². The van der Waals surface area contributed by atoms with Crippen molar-refractivity contribution in [3.63, 3.8) is 0 Å². The molecular weight excluding hydrogens is 392 g/mol. The monoisotopic (exact) mass is 412 g/mol. The fourth-order valence-electron chi connectivity index (χ4n) is 2.66. The molecule has 0 saturated heterocycles. The molecule has 0 aliphatic carbocycles. The van der Waals surface area contributed by atoms with E-state index in [9.17, 15) is 22.8 Å². The van der Waals surface area contributed by atoms with E-state index in [4.69, 9.17) is 9.30 Å². The Morgan fingerprint density at radius 2 is 1.43 bits per heavy atom. The molecule has 0 saturated carbocycles. The Labute approximate surface area is 163 Å². The summed E-state index contributed by atoms with van der Waals surface area (Å²) >= 11 is 0. The van der Waals surface area contributed by atoms with Gasteiger partial charge in [0, 0.05) is 5.56 Å². The predicted molar refractivity (Wildman–Crippen MR) is 99.8 cm³/mol. The number of hydrogen-bond donors (Lipinski definition) is 0. The number of unbranched alkanes of at least 4 members (excludes halogenated alkanes) is 1. The van der Waals surface area contributed by atoms with Gasteiger partial charge in [-0.25, -0.2) is 0 Å². The fraction of sp³-hybridized carbons (Fsp3) is 0.300. The second kappa shape index (κ2) is 10.7. The first-order valence-corrected chi connectivity index (χ1v) is 8.86. The lowest BCUT2D eigenvalue weighted by atomic mass is 9.73. The van der Waals surface area contributed by atoms with Gasteiger partial charge in [-0.3, -0.25) is 14.2 Å². The average molecular weight is 412 g/mol. The highest BCUT2D eigenvalue weighted by Gasteiger charge is 2.67. The van der Waals surface area contributed by atoms with Gasteiger partial charge < -0.3 is 4.74 Å². The molecule has 1 atom stereocenters. The zero-order valence-electron chi connectivity index (χ0n) is 15.2. The number of benzene rings is 2. The molecule has 0 spiro atoms. The molecule has 8 heteroatoms. The number of rotatable bonds is 7. The molecule has 0 aromatic heterocycles. The summed E-state index contributed by atoms with van der Waals surface area (Å²) in [5.41, 5.74) is -4.06. The highest BCUT2D eigenvalue weighted by atomic mass is 31.0. The predicted octanol–water partition coefficient (Wildman–Crippen LogP) is 5.19. The van der Waals surface area contributed by atoms with E-state index in [1.54, 1.807) is 15.2 Å². The second-order valence-electron chi connectivity index (χ2n) is 5.80. The van der Waals surface area contributed by atoms with Gasteiger partial charge in [0.05, 0.1) is 6.61 Å². The Kier molecular flexibility index (Phi) is 9.00. The van der Waals surface area contributed by atoms with Gasteiger partial charge in [-0.15, -0.1) is 0 Å². The summed E-state index contributed by atoms with van der Waals surface area (Å²) in [5.74, 6) is -2.95. The van der Waals surface area contributed by atoms with Gasteiger partial charge in [0.2, 0.25) is 5.41 Å². The molecule has 2 aromatic rings. The van der Waals surface area contributed by atoms with Crippen LogP contribution >= 0.6 is 9.12 Å². The standard InChI is InChI=1S/C20H19F3O3.HOP/c1-2-3-14-26-18(25)19(20(21,22)23,16-12-8-5-9-13-16)17(24)15-10-6-4-7-11-15;1-2/h4-13H,2-3,14H2,1H3;2H. The third-order valence-corrected chi connectivity index (χ3v) is 4.05. The highest BCUT2D eigenvalue weighted by Crippen LogP contribution is 2.44. The van der Waals surface area contributed by atoms with Crippen LogP contribution in [0.4, 0.5) is 13.2 Å². The van der Waals surface area contributed by atoms with Gasteiger partial charge in [0.25, 0.3) is 0 Å². The quantitative estimate of drug-likeness (QED) is 0.207. The molecule has 0 amide bonds. The van der Waals surface area contributed by atoms with Crippen molar-refractivity contribution < 1.29 is 32.1 Å². The zero-order chi connectivity index (χ0) is 21.2. The van der Waals surface area contributed by atoms with Crippen LogP contribution in [-0.4, -0.2) is 24.5 Å². The second-order valence-corrected chi connectivity index (χ2v) is 5.80. The fourth-order valence-corrected chi connectivity index (χ4v) is 2.66. The molecule has 4 nitrogen and oxygen atoms in total. The Hall–Kier alpha value is -2.53. The summed E-state index contributed by atoms with van der Waals surface area (Å²) in [6, 6.07) is 13.4. The van der Waals surface area contributed by atoms with Gasteiger partial charge in [0.1, 0.15) is 9.12 Å². The molecule has 0 N–H and O–H groups in total. The van der Waals surface area contributed by atoms with Crippen LogP contribution < -0.4 is 0 Å². The third kappa shape index (κ3) is 4.84. The number of hydrogen-bond acceptors (Lipinski definition) is 4. The number of ether oxygens (including phenoxy) is 1. The normalized spacial score (nSPS) is 12.9. The molecule has 28 heavy (non-hydrogen) atoms. The van der Waals surface area contributed by atoms with Gasteiger partial charge in [0.15, 0.2) is 5.78 Å². The van der Waals surface area contributed by atoms with Crippen molar-refractivity contribution in [3.05, 3.63) is 71.8 Å².